The molecule has 0 amide bonds. The maximum absolute atomic E-state index is 4.08. The molecule has 3 nitrogen and oxygen atoms in total. The molecule has 1 aliphatic rings. The van der Waals surface area contributed by atoms with E-state index >= 15 is 0 Å². The zero-order chi connectivity index (χ0) is 13.7. The van der Waals surface area contributed by atoms with Gasteiger partial charge in [-0.05, 0) is 37.1 Å². The summed E-state index contributed by atoms with van der Waals surface area (Å²) in [6, 6.07) is 0.719. The summed E-state index contributed by atoms with van der Waals surface area (Å²) in [5.74, 6) is 0.828. The van der Waals surface area contributed by atoms with Crippen molar-refractivity contribution in [1.29, 1.82) is 0 Å². The Morgan fingerprint density at radius 1 is 1.26 bits per heavy atom. The van der Waals surface area contributed by atoms with Crippen LogP contribution in [0.1, 0.15) is 52.9 Å². The predicted octanol–water partition coefficient (Wildman–Crippen LogP) is 3.47. The highest BCUT2D eigenvalue weighted by atomic mass is 15.0. The average Bonchev–Trinajstić information content (AvgIpc) is 2.87. The standard InChI is InChI=1S/C16H29N3/c1-16(2,3)14-7-4-5-8-15(14)18-9-6-11-19-12-10-17-13-19/h10,12-15,18H,4-9,11H2,1-3H3. The van der Waals surface area contributed by atoms with Crippen LogP contribution in [0.3, 0.4) is 0 Å². The molecule has 0 radical (unpaired) electrons. The minimum Gasteiger partial charge on any atom is -0.337 e. The van der Waals surface area contributed by atoms with Crippen LogP contribution in [0, 0.1) is 11.3 Å². The van der Waals surface area contributed by atoms with Crippen molar-refractivity contribution in [2.45, 2.75) is 65.5 Å². The van der Waals surface area contributed by atoms with Crippen LogP contribution in [-0.4, -0.2) is 22.1 Å². The Morgan fingerprint density at radius 2 is 2.05 bits per heavy atom. The lowest BCUT2D eigenvalue weighted by Gasteiger charge is -2.41. The first-order valence-electron chi connectivity index (χ1n) is 7.76. The van der Waals surface area contributed by atoms with E-state index < -0.39 is 0 Å². The third-order valence-electron chi connectivity index (χ3n) is 4.44. The van der Waals surface area contributed by atoms with Gasteiger partial charge in [0.2, 0.25) is 0 Å². The summed E-state index contributed by atoms with van der Waals surface area (Å²) in [4.78, 5) is 4.08. The van der Waals surface area contributed by atoms with Gasteiger partial charge in [-0.3, -0.25) is 0 Å². The molecule has 0 bridgehead atoms. The van der Waals surface area contributed by atoms with Gasteiger partial charge in [-0.25, -0.2) is 4.98 Å². The van der Waals surface area contributed by atoms with Crippen LogP contribution in [-0.2, 0) is 6.54 Å². The monoisotopic (exact) mass is 263 g/mol. The molecule has 1 aromatic rings. The van der Waals surface area contributed by atoms with Crippen molar-refractivity contribution >= 4 is 0 Å². The van der Waals surface area contributed by atoms with Crippen LogP contribution < -0.4 is 5.32 Å². The first-order chi connectivity index (χ1) is 9.07. The van der Waals surface area contributed by atoms with Crippen LogP contribution in [0.2, 0.25) is 0 Å². The SMILES string of the molecule is CC(C)(C)C1CCCCC1NCCCn1ccnc1. The highest BCUT2D eigenvalue weighted by Crippen LogP contribution is 2.37. The highest BCUT2D eigenvalue weighted by Gasteiger charge is 2.33. The van der Waals surface area contributed by atoms with E-state index in [2.05, 4.69) is 35.6 Å². The van der Waals surface area contributed by atoms with E-state index in [0.29, 0.717) is 5.41 Å². The van der Waals surface area contributed by atoms with Gasteiger partial charge >= 0.3 is 0 Å². The highest BCUT2D eigenvalue weighted by molar-refractivity contribution is 4.88. The van der Waals surface area contributed by atoms with Crippen LogP contribution in [0.5, 0.6) is 0 Å². The Bertz CT molecular complexity index is 351. The topological polar surface area (TPSA) is 29.9 Å². The number of aryl methyl sites for hydroxylation is 1. The fraction of sp³-hybridized carbons (Fsp3) is 0.812. The smallest absolute Gasteiger partial charge is 0.0945 e. The molecule has 1 fully saturated rings. The second-order valence-electron chi connectivity index (χ2n) is 6.97. The Kier molecular flexibility index (Phi) is 5.03. The average molecular weight is 263 g/mol. The minimum atomic E-state index is 0.433. The van der Waals surface area contributed by atoms with E-state index in [9.17, 15) is 0 Å². The Balaban J connectivity index is 1.74. The van der Waals surface area contributed by atoms with Crippen LogP contribution in [0.4, 0.5) is 0 Å². The molecule has 2 unspecified atom stereocenters. The summed E-state index contributed by atoms with van der Waals surface area (Å²) >= 11 is 0. The summed E-state index contributed by atoms with van der Waals surface area (Å²) in [5, 5.41) is 3.81. The lowest BCUT2D eigenvalue weighted by Crippen LogP contribution is -2.44. The molecule has 0 aromatic carbocycles. The van der Waals surface area contributed by atoms with Gasteiger partial charge in [0, 0.05) is 25.0 Å². The van der Waals surface area contributed by atoms with Gasteiger partial charge in [0.25, 0.3) is 0 Å². The van der Waals surface area contributed by atoms with Gasteiger partial charge in [0.05, 0.1) is 6.33 Å². The van der Waals surface area contributed by atoms with Gasteiger partial charge in [0.1, 0.15) is 0 Å². The molecule has 0 aliphatic heterocycles. The third-order valence-corrected chi connectivity index (χ3v) is 4.44. The maximum atomic E-state index is 4.08. The van der Waals surface area contributed by atoms with Gasteiger partial charge in [-0.15, -0.1) is 0 Å². The van der Waals surface area contributed by atoms with Crippen molar-refractivity contribution < 1.29 is 0 Å². The second-order valence-corrected chi connectivity index (χ2v) is 6.97. The number of imidazole rings is 1. The number of rotatable bonds is 5. The van der Waals surface area contributed by atoms with Crippen LogP contribution in [0.15, 0.2) is 18.7 Å². The molecule has 108 valence electrons. The van der Waals surface area contributed by atoms with Crippen molar-refractivity contribution in [1.82, 2.24) is 14.9 Å². The zero-order valence-electron chi connectivity index (χ0n) is 12.7. The summed E-state index contributed by atoms with van der Waals surface area (Å²) in [7, 11) is 0. The van der Waals surface area contributed by atoms with E-state index in [-0.39, 0.29) is 0 Å². The number of nitrogens with one attached hydrogen (secondary N) is 1. The quantitative estimate of drug-likeness (QED) is 0.824. The van der Waals surface area contributed by atoms with Gasteiger partial charge in [-0.2, -0.15) is 0 Å². The third kappa shape index (κ3) is 4.34. The van der Waals surface area contributed by atoms with Crippen LogP contribution >= 0.6 is 0 Å². The fourth-order valence-corrected chi connectivity index (χ4v) is 3.38. The molecule has 1 aliphatic carbocycles. The molecule has 0 saturated heterocycles. The molecule has 1 aromatic heterocycles. The van der Waals surface area contributed by atoms with Crippen LogP contribution in [0.25, 0.3) is 0 Å². The van der Waals surface area contributed by atoms with Crippen molar-refractivity contribution in [2.75, 3.05) is 6.54 Å². The van der Waals surface area contributed by atoms with Crippen molar-refractivity contribution in [2.24, 2.45) is 11.3 Å². The predicted molar refractivity (Wildman–Crippen MR) is 80.0 cm³/mol. The van der Waals surface area contributed by atoms with E-state index in [1.165, 1.54) is 32.1 Å². The Labute approximate surface area is 117 Å². The molecular weight excluding hydrogens is 234 g/mol. The molecule has 1 N–H and O–H groups in total. The van der Waals surface area contributed by atoms with Gasteiger partial charge in [0.15, 0.2) is 0 Å². The molecule has 19 heavy (non-hydrogen) atoms. The molecular formula is C16H29N3. The lowest BCUT2D eigenvalue weighted by atomic mass is 9.69. The van der Waals surface area contributed by atoms with Crippen molar-refractivity contribution in [3.05, 3.63) is 18.7 Å². The molecule has 3 heteroatoms. The Morgan fingerprint density at radius 3 is 2.74 bits per heavy atom. The largest absolute Gasteiger partial charge is 0.337 e. The number of hydrogen-bond acceptors (Lipinski definition) is 2. The lowest BCUT2D eigenvalue weighted by molar-refractivity contribution is 0.131. The summed E-state index contributed by atoms with van der Waals surface area (Å²) in [6.07, 6.45) is 12.5. The summed E-state index contributed by atoms with van der Waals surface area (Å²) < 4.78 is 2.16. The minimum absolute atomic E-state index is 0.433. The van der Waals surface area contributed by atoms with Gasteiger partial charge < -0.3 is 9.88 Å². The number of hydrogen-bond donors (Lipinski definition) is 1. The van der Waals surface area contributed by atoms with E-state index in [0.717, 1.165) is 25.0 Å². The second kappa shape index (κ2) is 6.56. The number of nitrogens with zero attached hydrogens (tertiary/aromatic N) is 2. The van der Waals surface area contributed by atoms with Crippen molar-refractivity contribution in [3.8, 4) is 0 Å². The molecule has 1 heterocycles. The maximum Gasteiger partial charge on any atom is 0.0945 e. The fourth-order valence-electron chi connectivity index (χ4n) is 3.38. The van der Waals surface area contributed by atoms with E-state index in [1.807, 2.05) is 18.7 Å². The normalized spacial score (nSPS) is 24.6. The number of aromatic nitrogens is 2. The molecule has 1 saturated carbocycles. The van der Waals surface area contributed by atoms with Crippen molar-refractivity contribution in [3.63, 3.8) is 0 Å². The van der Waals surface area contributed by atoms with Gasteiger partial charge in [-0.1, -0.05) is 33.6 Å². The first-order valence-corrected chi connectivity index (χ1v) is 7.76. The van der Waals surface area contributed by atoms with E-state index in [4.69, 9.17) is 0 Å². The van der Waals surface area contributed by atoms with E-state index in [1.54, 1.807) is 0 Å². The Hall–Kier alpha value is -0.830. The summed E-state index contributed by atoms with van der Waals surface area (Å²) in [6.45, 7) is 9.37. The first kappa shape index (κ1) is 14.6. The molecule has 2 atom stereocenters. The summed E-state index contributed by atoms with van der Waals surface area (Å²) in [5.41, 5.74) is 0.433. The molecule has 2 rings (SSSR count). The zero-order valence-corrected chi connectivity index (χ0v) is 12.7. The molecule has 0 spiro atoms.